The minimum Gasteiger partial charge on any atom is -0.360 e. The molecule has 2 saturated heterocycles. The quantitative estimate of drug-likeness (QED) is 0.820. The van der Waals surface area contributed by atoms with E-state index in [-0.39, 0.29) is 23.4 Å². The van der Waals surface area contributed by atoms with Crippen molar-refractivity contribution in [1.82, 2.24) is 9.80 Å². The second kappa shape index (κ2) is 7.83. The fourth-order valence-electron chi connectivity index (χ4n) is 3.98. The molecule has 0 saturated carbocycles. The van der Waals surface area contributed by atoms with E-state index < -0.39 is 0 Å². The summed E-state index contributed by atoms with van der Waals surface area (Å²) >= 11 is 0. The molecule has 2 aliphatic rings. The second-order valence-electron chi connectivity index (χ2n) is 7.27. The van der Waals surface area contributed by atoms with Crippen molar-refractivity contribution in [1.29, 1.82) is 0 Å². The lowest BCUT2D eigenvalue weighted by atomic mass is 9.88. The summed E-state index contributed by atoms with van der Waals surface area (Å²) in [5.74, 6) is -0.0233. The number of carbonyl (C=O) groups excluding carboxylic acids is 1. The first-order chi connectivity index (χ1) is 12.0. The first kappa shape index (κ1) is 18.3. The number of amides is 1. The number of hydrogen-bond donors (Lipinski definition) is 0. The van der Waals surface area contributed by atoms with Gasteiger partial charge in [-0.3, -0.25) is 4.79 Å². The Balaban J connectivity index is 1.54. The summed E-state index contributed by atoms with van der Waals surface area (Å²) in [6.07, 6.45) is 3.23. The lowest BCUT2D eigenvalue weighted by Crippen LogP contribution is -2.61. The van der Waals surface area contributed by atoms with Crippen LogP contribution in [0.3, 0.4) is 0 Å². The smallest absolute Gasteiger partial charge is 0.251 e. The van der Waals surface area contributed by atoms with Crippen LogP contribution in [0, 0.1) is 5.82 Å². The first-order valence-corrected chi connectivity index (χ1v) is 9.48. The average Bonchev–Trinajstić information content (AvgIpc) is 2.63. The molecule has 1 amide bonds. The molecule has 1 aromatic carbocycles. The molecule has 5 heteroatoms. The zero-order valence-electron chi connectivity index (χ0n) is 15.3. The molecule has 0 radical (unpaired) electrons. The van der Waals surface area contributed by atoms with Gasteiger partial charge in [0, 0.05) is 32.7 Å². The summed E-state index contributed by atoms with van der Waals surface area (Å²) in [6.45, 7) is 8.41. The number of carbonyl (C=O) groups is 1. The Hall–Kier alpha value is -1.46. The molecule has 25 heavy (non-hydrogen) atoms. The van der Waals surface area contributed by atoms with Crippen LogP contribution in [0.5, 0.6) is 0 Å². The second-order valence-corrected chi connectivity index (χ2v) is 7.27. The number of hydrogen-bond acceptors (Lipinski definition) is 3. The molecule has 3 rings (SSSR count). The summed E-state index contributed by atoms with van der Waals surface area (Å²) in [5, 5.41) is 0. The highest BCUT2D eigenvalue weighted by molar-refractivity contribution is 5.81. The van der Waals surface area contributed by atoms with E-state index in [9.17, 15) is 9.18 Å². The average molecular weight is 348 g/mol. The fraction of sp³-hybridized carbons (Fsp3) is 0.650. The van der Waals surface area contributed by atoms with Gasteiger partial charge in [-0.05, 0) is 50.3 Å². The number of likely N-dealkylation sites (tertiary alicyclic amines) is 1. The van der Waals surface area contributed by atoms with Crippen molar-refractivity contribution in [3.63, 3.8) is 0 Å². The van der Waals surface area contributed by atoms with Gasteiger partial charge in [-0.15, -0.1) is 0 Å². The van der Waals surface area contributed by atoms with Gasteiger partial charge in [0.1, 0.15) is 11.9 Å². The number of nitrogens with zero attached hydrogens (tertiary/aromatic N) is 2. The van der Waals surface area contributed by atoms with E-state index in [2.05, 4.69) is 4.90 Å². The van der Waals surface area contributed by atoms with Gasteiger partial charge in [-0.2, -0.15) is 0 Å². The summed E-state index contributed by atoms with van der Waals surface area (Å²) in [5.41, 5.74) is 0.864. The Kier molecular flexibility index (Phi) is 5.74. The van der Waals surface area contributed by atoms with Gasteiger partial charge in [-0.25, -0.2) is 4.39 Å². The molecular weight excluding hydrogens is 319 g/mol. The van der Waals surface area contributed by atoms with E-state index in [0.29, 0.717) is 0 Å². The molecular formula is C20H29FN2O2. The van der Waals surface area contributed by atoms with Gasteiger partial charge in [0.2, 0.25) is 0 Å². The topological polar surface area (TPSA) is 32.8 Å². The lowest BCUT2D eigenvalue weighted by Gasteiger charge is -2.49. The maximum Gasteiger partial charge on any atom is 0.251 e. The van der Waals surface area contributed by atoms with E-state index in [1.807, 2.05) is 24.8 Å². The summed E-state index contributed by atoms with van der Waals surface area (Å²) < 4.78 is 19.5. The van der Waals surface area contributed by atoms with Crippen LogP contribution in [0.2, 0.25) is 0 Å². The molecule has 0 unspecified atom stereocenters. The Labute approximate surface area is 149 Å². The Bertz CT molecular complexity index is 581. The van der Waals surface area contributed by atoms with Gasteiger partial charge in [0.15, 0.2) is 0 Å². The predicted octanol–water partition coefficient (Wildman–Crippen LogP) is 2.86. The van der Waals surface area contributed by atoms with Gasteiger partial charge in [0.25, 0.3) is 5.91 Å². The molecule has 0 N–H and O–H groups in total. The van der Waals surface area contributed by atoms with E-state index in [1.54, 1.807) is 12.1 Å². The third-order valence-electron chi connectivity index (χ3n) is 5.58. The van der Waals surface area contributed by atoms with Crippen molar-refractivity contribution >= 4 is 5.91 Å². The largest absolute Gasteiger partial charge is 0.360 e. The molecule has 2 heterocycles. The van der Waals surface area contributed by atoms with Crippen molar-refractivity contribution in [2.45, 2.75) is 51.2 Å². The van der Waals surface area contributed by atoms with Crippen molar-refractivity contribution in [2.75, 3.05) is 32.7 Å². The Morgan fingerprint density at radius 2 is 2.04 bits per heavy atom. The van der Waals surface area contributed by atoms with E-state index in [4.69, 9.17) is 4.74 Å². The van der Waals surface area contributed by atoms with Crippen molar-refractivity contribution < 1.29 is 13.9 Å². The number of halogens is 1. The van der Waals surface area contributed by atoms with E-state index in [1.165, 1.54) is 6.07 Å². The Morgan fingerprint density at radius 1 is 1.28 bits per heavy atom. The van der Waals surface area contributed by atoms with Crippen LogP contribution in [-0.2, 0) is 16.0 Å². The number of benzene rings is 1. The van der Waals surface area contributed by atoms with E-state index in [0.717, 1.165) is 64.0 Å². The van der Waals surface area contributed by atoms with Crippen LogP contribution in [0.15, 0.2) is 24.3 Å². The van der Waals surface area contributed by atoms with Gasteiger partial charge in [-0.1, -0.05) is 19.1 Å². The summed E-state index contributed by atoms with van der Waals surface area (Å²) in [4.78, 5) is 16.7. The number of ether oxygens (including phenoxy) is 1. The van der Waals surface area contributed by atoms with Gasteiger partial charge >= 0.3 is 0 Å². The van der Waals surface area contributed by atoms with Crippen LogP contribution < -0.4 is 0 Å². The standard InChI is InChI=1S/C20H29FN2O2/c1-3-18-19(24)23(4-2)15-20(25-18)9-12-22(13-10-20)11-8-16-6-5-7-17(21)14-16/h5-7,14,18H,3-4,8-13,15H2,1-2H3/t18-/m1/s1. The van der Waals surface area contributed by atoms with Crippen LogP contribution in [-0.4, -0.2) is 60.1 Å². The summed E-state index contributed by atoms with van der Waals surface area (Å²) in [6, 6.07) is 6.86. The third-order valence-corrected chi connectivity index (χ3v) is 5.58. The highest BCUT2D eigenvalue weighted by Crippen LogP contribution is 2.33. The fourth-order valence-corrected chi connectivity index (χ4v) is 3.98. The molecule has 0 aliphatic carbocycles. The molecule has 2 aliphatic heterocycles. The van der Waals surface area contributed by atoms with Gasteiger partial charge < -0.3 is 14.5 Å². The van der Waals surface area contributed by atoms with Crippen molar-refractivity contribution in [3.05, 3.63) is 35.6 Å². The highest BCUT2D eigenvalue weighted by atomic mass is 19.1. The SMILES string of the molecule is CC[C@H]1OC2(CCN(CCc3cccc(F)c3)CC2)CN(CC)C1=O. The zero-order chi connectivity index (χ0) is 17.9. The number of likely N-dealkylation sites (N-methyl/N-ethyl adjacent to an activating group) is 1. The molecule has 0 aromatic heterocycles. The highest BCUT2D eigenvalue weighted by Gasteiger charge is 2.45. The lowest BCUT2D eigenvalue weighted by molar-refractivity contribution is -0.192. The van der Waals surface area contributed by atoms with E-state index >= 15 is 0 Å². The van der Waals surface area contributed by atoms with Crippen LogP contribution in [0.4, 0.5) is 4.39 Å². The number of rotatable bonds is 5. The molecule has 2 fully saturated rings. The van der Waals surface area contributed by atoms with Gasteiger partial charge in [0.05, 0.1) is 5.60 Å². The molecule has 138 valence electrons. The summed E-state index contributed by atoms with van der Waals surface area (Å²) in [7, 11) is 0. The molecule has 4 nitrogen and oxygen atoms in total. The molecule has 1 spiro atoms. The minimum atomic E-state index is -0.285. The number of morpholine rings is 1. The maximum atomic E-state index is 13.3. The predicted molar refractivity (Wildman–Crippen MR) is 95.9 cm³/mol. The normalized spacial score (nSPS) is 24.0. The minimum absolute atomic E-state index is 0.143. The van der Waals surface area contributed by atoms with Crippen molar-refractivity contribution in [2.24, 2.45) is 0 Å². The van der Waals surface area contributed by atoms with Crippen LogP contribution in [0.25, 0.3) is 0 Å². The van der Waals surface area contributed by atoms with Crippen LogP contribution in [0.1, 0.15) is 38.7 Å². The number of piperidine rings is 1. The van der Waals surface area contributed by atoms with Crippen molar-refractivity contribution in [3.8, 4) is 0 Å². The zero-order valence-corrected chi connectivity index (χ0v) is 15.3. The molecule has 1 atom stereocenters. The third kappa shape index (κ3) is 4.21. The molecule has 1 aromatic rings. The Morgan fingerprint density at radius 3 is 2.68 bits per heavy atom. The molecule has 0 bridgehead atoms. The maximum absolute atomic E-state index is 13.3. The monoisotopic (exact) mass is 348 g/mol. The first-order valence-electron chi connectivity index (χ1n) is 9.48. The van der Waals surface area contributed by atoms with Crippen LogP contribution >= 0.6 is 0 Å².